The van der Waals surface area contributed by atoms with Gasteiger partial charge in [-0.2, -0.15) is 26.3 Å². The van der Waals surface area contributed by atoms with Gasteiger partial charge in [0.25, 0.3) is 0 Å². The van der Waals surface area contributed by atoms with E-state index in [4.69, 9.17) is 11.6 Å². The molecule has 540 valence electrons. The summed E-state index contributed by atoms with van der Waals surface area (Å²) in [5, 5.41) is 21.9. The summed E-state index contributed by atoms with van der Waals surface area (Å²) < 4.78 is 175. The zero-order valence-corrected chi connectivity index (χ0v) is 55.7. The number of nitrogens with one attached hydrogen (secondary N) is 6. The molecule has 3 atom stereocenters. The van der Waals surface area contributed by atoms with Gasteiger partial charge in [-0.25, -0.2) is 0 Å². The lowest BCUT2D eigenvalue weighted by Crippen LogP contribution is -2.57. The second-order valence-electron chi connectivity index (χ2n) is 26.0. The normalized spacial score (nSPS) is 18.9. The summed E-state index contributed by atoms with van der Waals surface area (Å²) in [6.45, 7) is 10.3. The van der Waals surface area contributed by atoms with Crippen LogP contribution in [0.5, 0.6) is 11.5 Å². The van der Waals surface area contributed by atoms with E-state index in [0.29, 0.717) is 121 Å². The lowest BCUT2D eigenvalue weighted by Gasteiger charge is -2.35. The number of carbonyl (C=O) groups is 2. The first-order valence-corrected chi connectivity index (χ1v) is 34.0. The molecule has 4 aliphatic rings. The first-order valence-electron chi connectivity index (χ1n) is 33.6. The Morgan fingerprint density at radius 2 is 0.970 bits per heavy atom. The maximum absolute atomic E-state index is 13.9. The second kappa shape index (κ2) is 31.3. The minimum atomic E-state index is -4.98. The van der Waals surface area contributed by atoms with Gasteiger partial charge in [0.2, 0.25) is 11.8 Å². The van der Waals surface area contributed by atoms with Crippen LogP contribution in [-0.2, 0) is 61.2 Å². The maximum Gasteiger partial charge on any atom is 0.573 e. The second-order valence-corrected chi connectivity index (χ2v) is 26.4. The third-order valence-electron chi connectivity index (χ3n) is 19.0. The van der Waals surface area contributed by atoms with Crippen LogP contribution < -0.4 is 41.4 Å². The number of hydrogen-bond donors (Lipinski definition) is 6. The first kappa shape index (κ1) is 72.8. The van der Waals surface area contributed by atoms with Crippen molar-refractivity contribution in [3.05, 3.63) is 178 Å². The van der Waals surface area contributed by atoms with Crippen LogP contribution in [0.3, 0.4) is 0 Å². The number of piperazine rings is 4. The summed E-state index contributed by atoms with van der Waals surface area (Å²) in [7, 11) is 0. The highest BCUT2D eigenvalue weighted by atomic mass is 35.5. The minimum absolute atomic E-state index is 0.0586. The number of fused-ring (bicyclic) bond motifs is 2. The van der Waals surface area contributed by atoms with Gasteiger partial charge in [0.1, 0.15) is 11.5 Å². The van der Waals surface area contributed by atoms with Crippen molar-refractivity contribution in [1.82, 2.24) is 60.6 Å². The Balaban J connectivity index is 0.638. The summed E-state index contributed by atoms with van der Waals surface area (Å²) >= 11 is 6.88. The maximum atomic E-state index is 13.9. The zero-order valence-electron chi connectivity index (χ0n) is 54.9. The number of benzene rings is 6. The molecule has 101 heavy (non-hydrogen) atoms. The van der Waals surface area contributed by atoms with Gasteiger partial charge in [-0.1, -0.05) is 66.2 Å². The Labute approximate surface area is 580 Å². The largest absolute Gasteiger partial charge is 0.573 e. The summed E-state index contributed by atoms with van der Waals surface area (Å²) in [4.78, 5) is 35.0. The predicted molar refractivity (Wildman–Crippen MR) is 360 cm³/mol. The molecule has 2 aromatic heterocycles. The van der Waals surface area contributed by atoms with Crippen LogP contribution in [0.25, 0.3) is 44.1 Å². The van der Waals surface area contributed by atoms with Crippen molar-refractivity contribution in [2.75, 3.05) is 98.2 Å². The van der Waals surface area contributed by atoms with Crippen LogP contribution in [0.1, 0.15) is 57.8 Å². The van der Waals surface area contributed by atoms with E-state index in [-0.39, 0.29) is 42.7 Å². The van der Waals surface area contributed by atoms with Crippen molar-refractivity contribution in [3.8, 4) is 33.8 Å². The fourth-order valence-corrected chi connectivity index (χ4v) is 14.1. The summed E-state index contributed by atoms with van der Waals surface area (Å²) in [6.07, 6.45) is -14.6. The Morgan fingerprint density at radius 1 is 0.505 bits per heavy atom. The molecule has 0 bridgehead atoms. The molecule has 16 nitrogen and oxygen atoms in total. The van der Waals surface area contributed by atoms with Gasteiger partial charge in [-0.05, 0) is 119 Å². The van der Waals surface area contributed by atoms with Crippen LogP contribution in [-0.4, -0.2) is 164 Å². The number of aromatic nitrogens is 2. The van der Waals surface area contributed by atoms with Crippen LogP contribution in [0.2, 0.25) is 5.02 Å². The van der Waals surface area contributed by atoms with E-state index >= 15 is 0 Å². The molecule has 0 spiro atoms. The third-order valence-corrected chi connectivity index (χ3v) is 19.4. The Bertz CT molecular complexity index is 4130. The average molecular weight is 1440 g/mol. The molecule has 29 heteroatoms. The summed E-state index contributed by atoms with van der Waals surface area (Å²) in [5.41, 5.74) is 5.12. The van der Waals surface area contributed by atoms with Crippen LogP contribution in [0.15, 0.2) is 134 Å². The number of halogens is 13. The Morgan fingerprint density at radius 3 is 1.44 bits per heavy atom. The molecule has 3 unspecified atom stereocenters. The topological polar surface area (TPSA) is 148 Å². The number of alkyl halides is 12. The molecule has 0 radical (unpaired) electrons. The molecule has 0 aliphatic carbocycles. The highest BCUT2D eigenvalue weighted by Gasteiger charge is 2.41. The van der Waals surface area contributed by atoms with Crippen molar-refractivity contribution >= 4 is 45.2 Å². The molecule has 12 rings (SSSR count). The van der Waals surface area contributed by atoms with Gasteiger partial charge < -0.3 is 45.2 Å². The molecule has 8 aromatic rings. The molecule has 4 saturated heterocycles. The molecule has 2 amide bonds. The van der Waals surface area contributed by atoms with Crippen molar-refractivity contribution in [2.24, 2.45) is 0 Å². The van der Waals surface area contributed by atoms with Crippen LogP contribution >= 0.6 is 11.6 Å². The number of rotatable bonds is 23. The fourth-order valence-electron chi connectivity index (χ4n) is 13.9. The quantitative estimate of drug-likeness (QED) is 0.0268. The highest BCUT2D eigenvalue weighted by molar-refractivity contribution is 6.31. The third kappa shape index (κ3) is 18.8. The average Bonchev–Trinajstić information content (AvgIpc) is 1.68. The number of aryl methyl sites for hydroxylation is 2. The Kier molecular flexibility index (Phi) is 22.6. The lowest BCUT2D eigenvalue weighted by atomic mass is 9.99. The minimum Gasteiger partial charge on any atom is -0.406 e. The number of carbonyl (C=O) groups excluding carboxylic acids is 2. The molecule has 6 aromatic carbocycles. The fraction of sp³-hybridized carbons (Fsp3) is 0.417. The van der Waals surface area contributed by atoms with Gasteiger partial charge in [0.05, 0.1) is 23.2 Å². The summed E-state index contributed by atoms with van der Waals surface area (Å²) in [5.74, 6) is -0.950. The molecule has 6 N–H and O–H groups in total. The van der Waals surface area contributed by atoms with Crippen molar-refractivity contribution in [2.45, 2.75) is 95.3 Å². The number of ether oxygens (including phenoxy) is 2. The first-order chi connectivity index (χ1) is 48.2. The SMILES string of the molecule is O=C(NCCCn1cc(-c2ccc(OC(F)(F)F)cc2)c2cc(CN3CCN(Cc4cc(C5CNCC(C(=O)NCCCn6cc(-c7ccc(OC(F)(F)F)cc7)c7cc(CN8CCN(Cc9c(C(F)(F)F)cccc9C(F)(F)F)CC8)ccc76)N5)ccc4Cl)CC3)ccc21)C1CNCCN1. The van der Waals surface area contributed by atoms with Crippen molar-refractivity contribution in [1.29, 1.82) is 0 Å². The van der Waals surface area contributed by atoms with Gasteiger partial charge in [-0.3, -0.25) is 34.5 Å². The molecular formula is C72H77ClF12N12O4. The molecule has 4 aliphatic heterocycles. The van der Waals surface area contributed by atoms with Gasteiger partial charge >= 0.3 is 25.1 Å². The van der Waals surface area contributed by atoms with Crippen molar-refractivity contribution < 1.29 is 71.7 Å². The van der Waals surface area contributed by atoms with Crippen molar-refractivity contribution in [3.63, 3.8) is 0 Å². The highest BCUT2D eigenvalue weighted by Crippen LogP contribution is 2.41. The van der Waals surface area contributed by atoms with E-state index < -0.39 is 60.1 Å². The van der Waals surface area contributed by atoms with E-state index in [1.54, 1.807) is 17.0 Å². The van der Waals surface area contributed by atoms with Gasteiger partial charge in [0.15, 0.2) is 0 Å². The standard InChI is InChI=1S/C72H77ClF12N12O4/c73-61-17-12-50(36-51(61)42-94-30-26-92(27-31-94)40-46-6-18-65-54(34-46)56(48-8-13-52(14-9-48)100-71(80,81)82)44-96(65)24-2-20-89-67(98)63-38-86-22-23-88-63)62-37-87-39-64(91-62)68(99)90-21-3-25-97-45-57(49-10-15-53(16-11-49)101-72(83,84)85)55-35-47(7-19-66(55)97)41-93-28-32-95(33-29-93)43-58-59(69(74,75)76)4-1-5-60(58)70(77,78)79/h1,4-19,34-36,44-45,62-64,86-88,91H,2-3,20-33,37-43H2,(H,89,98)(H,90,99). The number of amides is 2. The lowest BCUT2D eigenvalue weighted by molar-refractivity contribution is -0.275. The molecule has 4 fully saturated rings. The monoisotopic (exact) mass is 1440 g/mol. The number of nitrogens with zero attached hydrogens (tertiary/aromatic N) is 6. The van der Waals surface area contributed by atoms with E-state index in [0.717, 1.165) is 99.5 Å². The van der Waals surface area contributed by atoms with Crippen LogP contribution in [0.4, 0.5) is 52.7 Å². The van der Waals surface area contributed by atoms with E-state index in [9.17, 15) is 62.3 Å². The Hall–Kier alpha value is -7.93. The van der Waals surface area contributed by atoms with Gasteiger partial charge in [-0.15, -0.1) is 26.3 Å². The zero-order chi connectivity index (χ0) is 71.2. The summed E-state index contributed by atoms with van der Waals surface area (Å²) in [6, 6.07) is 30.5. The molecule has 0 saturated carbocycles. The molecular weight excluding hydrogens is 1360 g/mol. The number of hydrogen-bond acceptors (Lipinski definition) is 12. The van der Waals surface area contributed by atoms with Crippen LogP contribution in [0, 0.1) is 0 Å². The molecule has 6 heterocycles. The smallest absolute Gasteiger partial charge is 0.406 e. The van der Waals surface area contributed by atoms with E-state index in [1.165, 1.54) is 36.4 Å². The van der Waals surface area contributed by atoms with E-state index in [1.807, 2.05) is 47.3 Å². The van der Waals surface area contributed by atoms with E-state index in [2.05, 4.69) is 84.9 Å². The predicted octanol–water partition coefficient (Wildman–Crippen LogP) is 11.9. The van der Waals surface area contributed by atoms with Gasteiger partial charge in [0, 0.05) is 194 Å².